The summed E-state index contributed by atoms with van der Waals surface area (Å²) in [5, 5.41) is 13.9. The fraction of sp³-hybridized carbons (Fsp3) is 0.250. The summed E-state index contributed by atoms with van der Waals surface area (Å²) in [6.45, 7) is 0.689. The summed E-state index contributed by atoms with van der Waals surface area (Å²) in [6, 6.07) is 8.32. The summed E-state index contributed by atoms with van der Waals surface area (Å²) in [5.41, 5.74) is 0.470. The molecule has 0 aliphatic carbocycles. The third-order valence-corrected chi connectivity index (χ3v) is 2.66. The molecule has 0 bridgehead atoms. The number of nitrogens with zero attached hydrogens (tertiary/aromatic N) is 1. The van der Waals surface area contributed by atoms with Gasteiger partial charge in [-0.15, -0.1) is 0 Å². The van der Waals surface area contributed by atoms with Crippen LogP contribution in [0, 0.1) is 10.1 Å². The highest BCUT2D eigenvalue weighted by Crippen LogP contribution is 2.18. The molecule has 5 heteroatoms. The van der Waals surface area contributed by atoms with Crippen molar-refractivity contribution in [3.63, 3.8) is 0 Å². The molecule has 0 amide bonds. The number of Topliss-reactive ketones (excluding diaryl/α,β-unsaturated/α-hetero) is 1. The largest absolute Gasteiger partial charge is 0.383 e. The molecule has 0 atom stereocenters. The maximum Gasteiger partial charge on any atom is 0.335 e. The lowest BCUT2D eigenvalue weighted by Crippen LogP contribution is -2.19. The molecule has 1 heterocycles. The van der Waals surface area contributed by atoms with Gasteiger partial charge in [-0.25, -0.2) is 0 Å². The molecule has 1 aliphatic rings. The molecule has 1 aliphatic heterocycles. The SMILES string of the molecule is O=C(C(=C1CCCN1)[N+](=O)[O-])c1ccccc1. The summed E-state index contributed by atoms with van der Waals surface area (Å²) >= 11 is 0. The molecule has 17 heavy (non-hydrogen) atoms. The molecule has 88 valence electrons. The summed E-state index contributed by atoms with van der Waals surface area (Å²) in [5.74, 6) is -0.528. The topological polar surface area (TPSA) is 72.2 Å². The maximum absolute atomic E-state index is 12.0. The van der Waals surface area contributed by atoms with E-state index in [1.54, 1.807) is 30.3 Å². The number of hydrogen-bond acceptors (Lipinski definition) is 4. The average molecular weight is 232 g/mol. The van der Waals surface area contributed by atoms with Crippen LogP contribution in [0.1, 0.15) is 23.2 Å². The third-order valence-electron chi connectivity index (χ3n) is 2.66. The van der Waals surface area contributed by atoms with Crippen LogP contribution in [0.25, 0.3) is 0 Å². The van der Waals surface area contributed by atoms with Gasteiger partial charge in [0, 0.05) is 12.1 Å². The molecule has 0 spiro atoms. The Balaban J connectivity index is 2.39. The molecular formula is C12H12N2O3. The Morgan fingerprint density at radius 3 is 2.53 bits per heavy atom. The van der Waals surface area contributed by atoms with E-state index in [9.17, 15) is 14.9 Å². The van der Waals surface area contributed by atoms with Gasteiger partial charge in [0.05, 0.1) is 10.6 Å². The highest BCUT2D eigenvalue weighted by molar-refractivity contribution is 6.07. The number of hydrogen-bond donors (Lipinski definition) is 1. The normalized spacial score (nSPS) is 17.4. The van der Waals surface area contributed by atoms with Gasteiger partial charge in [0.1, 0.15) is 0 Å². The number of carbonyl (C=O) groups excluding carboxylic acids is 1. The van der Waals surface area contributed by atoms with Crippen molar-refractivity contribution < 1.29 is 9.72 Å². The predicted octanol–water partition coefficient (Wildman–Crippen LogP) is 1.74. The van der Waals surface area contributed by atoms with Gasteiger partial charge in [-0.05, 0) is 12.8 Å². The number of benzene rings is 1. The minimum atomic E-state index is -0.594. The van der Waals surface area contributed by atoms with Crippen LogP contribution in [0.2, 0.25) is 0 Å². The van der Waals surface area contributed by atoms with E-state index in [4.69, 9.17) is 0 Å². The van der Waals surface area contributed by atoms with E-state index in [-0.39, 0.29) is 5.70 Å². The summed E-state index contributed by atoms with van der Waals surface area (Å²) in [7, 11) is 0. The zero-order chi connectivity index (χ0) is 12.3. The standard InChI is InChI=1S/C12H12N2O3/c15-12(9-5-2-1-3-6-9)11(14(16)17)10-7-4-8-13-10/h1-3,5-6,13H,4,7-8H2. The molecule has 2 rings (SSSR count). The van der Waals surface area contributed by atoms with Crippen molar-refractivity contribution in [2.45, 2.75) is 12.8 Å². The first-order valence-corrected chi connectivity index (χ1v) is 5.41. The molecule has 1 N–H and O–H groups in total. The van der Waals surface area contributed by atoms with Crippen LogP contribution in [-0.2, 0) is 0 Å². The van der Waals surface area contributed by atoms with Crippen LogP contribution >= 0.6 is 0 Å². The molecule has 0 unspecified atom stereocenters. The number of nitrogens with one attached hydrogen (secondary N) is 1. The van der Waals surface area contributed by atoms with Gasteiger partial charge in [0.2, 0.25) is 0 Å². The van der Waals surface area contributed by atoms with E-state index in [0.29, 0.717) is 24.2 Å². The van der Waals surface area contributed by atoms with Crippen molar-refractivity contribution in [1.82, 2.24) is 5.32 Å². The molecule has 1 fully saturated rings. The number of nitro groups is 1. The Morgan fingerprint density at radius 2 is 2.00 bits per heavy atom. The van der Waals surface area contributed by atoms with Crippen molar-refractivity contribution in [3.05, 3.63) is 57.4 Å². The summed E-state index contributed by atoms with van der Waals surface area (Å²) in [6.07, 6.45) is 1.39. The number of ketones is 1. The Morgan fingerprint density at radius 1 is 1.29 bits per heavy atom. The van der Waals surface area contributed by atoms with Crippen LogP contribution in [0.4, 0.5) is 0 Å². The van der Waals surface area contributed by atoms with Gasteiger partial charge in [0.15, 0.2) is 0 Å². The van der Waals surface area contributed by atoms with Gasteiger partial charge >= 0.3 is 5.70 Å². The lowest BCUT2D eigenvalue weighted by atomic mass is 10.1. The second kappa shape index (κ2) is 4.78. The third kappa shape index (κ3) is 2.33. The fourth-order valence-electron chi connectivity index (χ4n) is 1.85. The lowest BCUT2D eigenvalue weighted by Gasteiger charge is -2.02. The lowest BCUT2D eigenvalue weighted by molar-refractivity contribution is -0.418. The predicted molar refractivity (Wildman–Crippen MR) is 62.0 cm³/mol. The molecular weight excluding hydrogens is 220 g/mol. The van der Waals surface area contributed by atoms with Crippen molar-refractivity contribution in [2.75, 3.05) is 6.54 Å². The number of allylic oxidation sites excluding steroid dienone is 2. The minimum absolute atomic E-state index is 0.325. The smallest absolute Gasteiger partial charge is 0.335 e. The first kappa shape index (κ1) is 11.3. The molecule has 0 saturated carbocycles. The van der Waals surface area contributed by atoms with Gasteiger partial charge in [0.25, 0.3) is 5.78 Å². The average Bonchev–Trinajstić information content (AvgIpc) is 2.83. The van der Waals surface area contributed by atoms with Crippen molar-refractivity contribution in [2.24, 2.45) is 0 Å². The fourth-order valence-corrected chi connectivity index (χ4v) is 1.85. The zero-order valence-corrected chi connectivity index (χ0v) is 9.18. The van der Waals surface area contributed by atoms with E-state index in [1.165, 1.54) is 0 Å². The Bertz CT molecular complexity index is 472. The number of carbonyl (C=O) groups is 1. The molecule has 1 aromatic rings. The summed E-state index contributed by atoms with van der Waals surface area (Å²) in [4.78, 5) is 22.4. The van der Waals surface area contributed by atoms with Crippen LogP contribution in [0.3, 0.4) is 0 Å². The minimum Gasteiger partial charge on any atom is -0.383 e. The van der Waals surface area contributed by atoms with Crippen molar-refractivity contribution >= 4 is 5.78 Å². The van der Waals surface area contributed by atoms with Crippen molar-refractivity contribution in [3.8, 4) is 0 Å². The van der Waals surface area contributed by atoms with Crippen LogP contribution in [0.15, 0.2) is 41.7 Å². The Kier molecular flexibility index (Phi) is 3.18. The van der Waals surface area contributed by atoms with E-state index in [0.717, 1.165) is 6.42 Å². The first-order chi connectivity index (χ1) is 8.20. The molecule has 0 radical (unpaired) electrons. The van der Waals surface area contributed by atoms with E-state index in [2.05, 4.69) is 5.32 Å². The molecule has 5 nitrogen and oxygen atoms in total. The van der Waals surface area contributed by atoms with Gasteiger partial charge < -0.3 is 5.32 Å². The van der Waals surface area contributed by atoms with Crippen LogP contribution in [-0.4, -0.2) is 17.3 Å². The van der Waals surface area contributed by atoms with Crippen molar-refractivity contribution in [1.29, 1.82) is 0 Å². The summed E-state index contributed by atoms with van der Waals surface area (Å²) < 4.78 is 0. The van der Waals surface area contributed by atoms with Crippen LogP contribution in [0.5, 0.6) is 0 Å². The molecule has 1 saturated heterocycles. The van der Waals surface area contributed by atoms with Gasteiger partial charge in [-0.1, -0.05) is 30.3 Å². The van der Waals surface area contributed by atoms with E-state index < -0.39 is 10.7 Å². The quantitative estimate of drug-likeness (QED) is 0.373. The van der Waals surface area contributed by atoms with Gasteiger partial charge in [-0.3, -0.25) is 14.9 Å². The second-order valence-corrected chi connectivity index (χ2v) is 3.81. The van der Waals surface area contributed by atoms with Gasteiger partial charge in [-0.2, -0.15) is 0 Å². The Hall–Kier alpha value is -2.17. The van der Waals surface area contributed by atoms with Crippen LogP contribution < -0.4 is 5.32 Å². The monoisotopic (exact) mass is 232 g/mol. The number of rotatable bonds is 3. The first-order valence-electron chi connectivity index (χ1n) is 5.41. The zero-order valence-electron chi connectivity index (χ0n) is 9.18. The van der Waals surface area contributed by atoms with E-state index in [1.807, 2.05) is 0 Å². The van der Waals surface area contributed by atoms with E-state index >= 15 is 0 Å². The highest BCUT2D eigenvalue weighted by Gasteiger charge is 2.29. The molecule has 0 aromatic heterocycles. The highest BCUT2D eigenvalue weighted by atomic mass is 16.6. The maximum atomic E-state index is 12.0. The molecule has 1 aromatic carbocycles. The Labute approximate surface area is 98.3 Å². The second-order valence-electron chi connectivity index (χ2n) is 3.81.